The molecule has 2 saturated heterocycles. The van der Waals surface area contributed by atoms with Gasteiger partial charge in [-0.15, -0.1) is 0 Å². The zero-order valence-corrected chi connectivity index (χ0v) is 10.9. The van der Waals surface area contributed by atoms with Gasteiger partial charge in [-0.3, -0.25) is 4.90 Å². The Labute approximate surface area is 99.2 Å². The Morgan fingerprint density at radius 1 is 1.31 bits per heavy atom. The van der Waals surface area contributed by atoms with Gasteiger partial charge in [-0.2, -0.15) is 0 Å². The van der Waals surface area contributed by atoms with E-state index in [1.807, 2.05) is 13.8 Å². The van der Waals surface area contributed by atoms with E-state index in [1.54, 1.807) is 0 Å². The van der Waals surface area contributed by atoms with Crippen LogP contribution in [0.15, 0.2) is 0 Å². The van der Waals surface area contributed by atoms with Gasteiger partial charge in [-0.25, -0.2) is 0 Å². The first kappa shape index (κ1) is 12.3. The molecular weight excluding hydrogens is 200 g/mol. The molecule has 2 rings (SSSR count). The van der Waals surface area contributed by atoms with Crippen molar-refractivity contribution >= 4 is 0 Å². The van der Waals surface area contributed by atoms with Crippen LogP contribution < -0.4 is 5.32 Å². The Bertz CT molecular complexity index is 237. The van der Waals surface area contributed by atoms with Crippen molar-refractivity contribution in [2.24, 2.45) is 5.92 Å². The number of likely N-dealkylation sites (tertiary alicyclic amines) is 1. The predicted octanol–water partition coefficient (Wildman–Crippen LogP) is 1.22. The Hall–Kier alpha value is -0.120. The molecule has 2 fully saturated rings. The zero-order chi connectivity index (χ0) is 11.8. The highest BCUT2D eigenvalue weighted by molar-refractivity contribution is 4.96. The second kappa shape index (κ2) is 4.63. The molecule has 0 spiro atoms. The van der Waals surface area contributed by atoms with Crippen LogP contribution in [0.3, 0.4) is 0 Å². The lowest BCUT2D eigenvalue weighted by atomic mass is 9.89. The SMILES string of the molecule is C[C@H]1CNCC[C@H]1N1CCC[C@H]1C(C)(C)O. The standard InChI is InChI=1S/C13H26N2O/c1-10-9-14-7-6-11(10)15-8-4-5-12(15)13(2,3)16/h10-12,14,16H,4-9H2,1-3H3/t10-,11+,12-/m0/s1. The molecule has 0 amide bonds. The summed E-state index contributed by atoms with van der Waals surface area (Å²) in [6.07, 6.45) is 3.62. The van der Waals surface area contributed by atoms with Crippen LogP contribution >= 0.6 is 0 Å². The van der Waals surface area contributed by atoms with Gasteiger partial charge >= 0.3 is 0 Å². The van der Waals surface area contributed by atoms with E-state index in [2.05, 4.69) is 17.1 Å². The van der Waals surface area contributed by atoms with Crippen molar-refractivity contribution in [1.82, 2.24) is 10.2 Å². The summed E-state index contributed by atoms with van der Waals surface area (Å²) in [5.74, 6) is 0.705. The van der Waals surface area contributed by atoms with Crippen LogP contribution in [-0.4, -0.2) is 47.3 Å². The smallest absolute Gasteiger partial charge is 0.0746 e. The number of nitrogens with zero attached hydrogens (tertiary/aromatic N) is 1. The van der Waals surface area contributed by atoms with E-state index >= 15 is 0 Å². The molecule has 0 unspecified atom stereocenters. The van der Waals surface area contributed by atoms with E-state index in [9.17, 15) is 5.11 Å². The van der Waals surface area contributed by atoms with Gasteiger partial charge in [0.1, 0.15) is 0 Å². The third-order valence-electron chi connectivity index (χ3n) is 4.28. The predicted molar refractivity (Wildman–Crippen MR) is 66.5 cm³/mol. The monoisotopic (exact) mass is 226 g/mol. The fourth-order valence-corrected chi connectivity index (χ4v) is 3.44. The number of rotatable bonds is 2. The summed E-state index contributed by atoms with van der Waals surface area (Å²) < 4.78 is 0. The Balaban J connectivity index is 2.07. The lowest BCUT2D eigenvalue weighted by molar-refractivity contribution is -0.0298. The molecule has 0 aromatic rings. The van der Waals surface area contributed by atoms with Crippen molar-refractivity contribution in [2.75, 3.05) is 19.6 Å². The fourth-order valence-electron chi connectivity index (χ4n) is 3.44. The fraction of sp³-hybridized carbons (Fsp3) is 1.00. The molecule has 0 aromatic heterocycles. The number of hydrogen-bond donors (Lipinski definition) is 2. The maximum absolute atomic E-state index is 10.2. The summed E-state index contributed by atoms with van der Waals surface area (Å²) in [5, 5.41) is 13.7. The van der Waals surface area contributed by atoms with Crippen molar-refractivity contribution in [1.29, 1.82) is 0 Å². The van der Waals surface area contributed by atoms with Crippen LogP contribution in [0.25, 0.3) is 0 Å². The van der Waals surface area contributed by atoms with E-state index in [1.165, 1.54) is 19.4 Å². The highest BCUT2D eigenvalue weighted by Crippen LogP contribution is 2.32. The topological polar surface area (TPSA) is 35.5 Å². The van der Waals surface area contributed by atoms with Gasteiger partial charge in [0.15, 0.2) is 0 Å². The average molecular weight is 226 g/mol. The largest absolute Gasteiger partial charge is 0.389 e. The number of piperidine rings is 1. The van der Waals surface area contributed by atoms with E-state index in [4.69, 9.17) is 0 Å². The van der Waals surface area contributed by atoms with Crippen LogP contribution in [0, 0.1) is 5.92 Å². The molecule has 94 valence electrons. The van der Waals surface area contributed by atoms with Crippen LogP contribution in [0.2, 0.25) is 0 Å². The van der Waals surface area contributed by atoms with E-state index in [0.717, 1.165) is 19.5 Å². The minimum Gasteiger partial charge on any atom is -0.389 e. The minimum absolute atomic E-state index is 0.359. The Morgan fingerprint density at radius 3 is 2.69 bits per heavy atom. The van der Waals surface area contributed by atoms with Gasteiger partial charge in [0.05, 0.1) is 5.60 Å². The molecule has 3 atom stereocenters. The van der Waals surface area contributed by atoms with Crippen molar-refractivity contribution in [3.8, 4) is 0 Å². The van der Waals surface area contributed by atoms with Gasteiger partial charge < -0.3 is 10.4 Å². The van der Waals surface area contributed by atoms with Crippen molar-refractivity contribution < 1.29 is 5.11 Å². The Kier molecular flexibility index (Phi) is 3.57. The molecule has 0 aromatic carbocycles. The number of nitrogens with one attached hydrogen (secondary N) is 1. The molecule has 2 heterocycles. The van der Waals surface area contributed by atoms with Crippen molar-refractivity contribution in [3.05, 3.63) is 0 Å². The zero-order valence-electron chi connectivity index (χ0n) is 10.9. The highest BCUT2D eigenvalue weighted by Gasteiger charge is 2.41. The summed E-state index contributed by atoms with van der Waals surface area (Å²) in [7, 11) is 0. The first-order chi connectivity index (χ1) is 7.50. The molecule has 2 aliphatic rings. The van der Waals surface area contributed by atoms with E-state index in [-0.39, 0.29) is 0 Å². The molecule has 16 heavy (non-hydrogen) atoms. The quantitative estimate of drug-likeness (QED) is 0.743. The highest BCUT2D eigenvalue weighted by atomic mass is 16.3. The second-order valence-electron chi connectivity index (χ2n) is 6.09. The minimum atomic E-state index is -0.554. The third-order valence-corrected chi connectivity index (χ3v) is 4.28. The average Bonchev–Trinajstić information content (AvgIpc) is 2.66. The van der Waals surface area contributed by atoms with Gasteiger partial charge in [-0.1, -0.05) is 6.92 Å². The van der Waals surface area contributed by atoms with Crippen LogP contribution in [-0.2, 0) is 0 Å². The molecule has 0 radical (unpaired) electrons. The molecular formula is C13H26N2O. The van der Waals surface area contributed by atoms with Gasteiger partial charge in [0, 0.05) is 12.1 Å². The van der Waals surface area contributed by atoms with Gasteiger partial charge in [0.25, 0.3) is 0 Å². The molecule has 3 heteroatoms. The molecule has 0 saturated carbocycles. The van der Waals surface area contributed by atoms with E-state index in [0.29, 0.717) is 18.0 Å². The van der Waals surface area contributed by atoms with Crippen LogP contribution in [0.4, 0.5) is 0 Å². The molecule has 2 aliphatic heterocycles. The number of hydrogen-bond acceptors (Lipinski definition) is 3. The maximum Gasteiger partial charge on any atom is 0.0746 e. The summed E-state index contributed by atoms with van der Waals surface area (Å²) in [4.78, 5) is 2.57. The molecule has 0 bridgehead atoms. The first-order valence-electron chi connectivity index (χ1n) is 6.69. The third kappa shape index (κ3) is 2.41. The van der Waals surface area contributed by atoms with Crippen LogP contribution in [0.5, 0.6) is 0 Å². The Morgan fingerprint density at radius 2 is 2.06 bits per heavy atom. The van der Waals surface area contributed by atoms with Crippen LogP contribution in [0.1, 0.15) is 40.0 Å². The summed E-state index contributed by atoms with van der Waals surface area (Å²) >= 11 is 0. The van der Waals surface area contributed by atoms with Crippen molar-refractivity contribution in [3.63, 3.8) is 0 Å². The molecule has 0 aliphatic carbocycles. The normalized spacial score (nSPS) is 37.9. The van der Waals surface area contributed by atoms with Gasteiger partial charge in [-0.05, 0) is 58.7 Å². The number of aliphatic hydroxyl groups is 1. The van der Waals surface area contributed by atoms with E-state index < -0.39 is 5.60 Å². The van der Waals surface area contributed by atoms with Gasteiger partial charge in [0.2, 0.25) is 0 Å². The molecule has 3 nitrogen and oxygen atoms in total. The molecule has 2 N–H and O–H groups in total. The summed E-state index contributed by atoms with van der Waals surface area (Å²) in [6, 6.07) is 1.03. The lowest BCUT2D eigenvalue weighted by Gasteiger charge is -2.43. The van der Waals surface area contributed by atoms with Crippen molar-refractivity contribution in [2.45, 2.75) is 57.7 Å². The summed E-state index contributed by atoms with van der Waals surface area (Å²) in [5.41, 5.74) is -0.554. The maximum atomic E-state index is 10.2. The lowest BCUT2D eigenvalue weighted by Crippen LogP contribution is -2.55. The first-order valence-corrected chi connectivity index (χ1v) is 6.69. The second-order valence-corrected chi connectivity index (χ2v) is 6.09. The summed E-state index contributed by atoms with van der Waals surface area (Å²) in [6.45, 7) is 9.67.